The molecule has 0 aliphatic rings. The van der Waals surface area contributed by atoms with Gasteiger partial charge >= 0.3 is 0 Å². The highest BCUT2D eigenvalue weighted by molar-refractivity contribution is 7.89. The van der Waals surface area contributed by atoms with Crippen molar-refractivity contribution >= 4 is 10.0 Å². The van der Waals surface area contributed by atoms with Crippen LogP contribution in [-0.4, -0.2) is 28.2 Å². The van der Waals surface area contributed by atoms with Gasteiger partial charge in [0, 0.05) is 20.2 Å². The highest BCUT2D eigenvalue weighted by Gasteiger charge is 2.17. The smallest absolute Gasteiger partial charge is 0.240 e. The van der Waals surface area contributed by atoms with E-state index in [4.69, 9.17) is 10.5 Å². The predicted molar refractivity (Wildman–Crippen MR) is 70.7 cm³/mol. The minimum absolute atomic E-state index is 0.169. The third-order valence-corrected chi connectivity index (χ3v) is 4.31. The molecule has 0 aliphatic carbocycles. The van der Waals surface area contributed by atoms with Crippen molar-refractivity contribution in [1.82, 2.24) is 4.72 Å². The molecule has 0 bridgehead atoms. The highest BCUT2D eigenvalue weighted by atomic mass is 32.2. The summed E-state index contributed by atoms with van der Waals surface area (Å²) in [6, 6.07) is 5.19. The van der Waals surface area contributed by atoms with Gasteiger partial charge in [0.1, 0.15) is 0 Å². The molecule has 3 N–H and O–H groups in total. The van der Waals surface area contributed by atoms with Gasteiger partial charge in [0.2, 0.25) is 10.0 Å². The molecule has 0 amide bonds. The van der Waals surface area contributed by atoms with E-state index in [1.165, 1.54) is 0 Å². The average molecular weight is 272 g/mol. The van der Waals surface area contributed by atoms with Crippen LogP contribution in [0.15, 0.2) is 23.1 Å². The van der Waals surface area contributed by atoms with Crippen molar-refractivity contribution in [1.29, 1.82) is 0 Å². The van der Waals surface area contributed by atoms with Crippen LogP contribution in [0.2, 0.25) is 0 Å². The minimum atomic E-state index is -3.51. The molecule has 0 aromatic heterocycles. The van der Waals surface area contributed by atoms with Crippen molar-refractivity contribution in [3.05, 3.63) is 29.3 Å². The van der Waals surface area contributed by atoms with E-state index in [-0.39, 0.29) is 17.5 Å². The van der Waals surface area contributed by atoms with Crippen molar-refractivity contribution in [2.75, 3.05) is 13.7 Å². The maximum Gasteiger partial charge on any atom is 0.240 e. The molecule has 0 aliphatic heterocycles. The Morgan fingerprint density at radius 2 is 2.11 bits per heavy atom. The summed E-state index contributed by atoms with van der Waals surface area (Å²) in [5.41, 5.74) is 7.01. The molecular formula is C12H20N2O3S. The molecular weight excluding hydrogens is 252 g/mol. The van der Waals surface area contributed by atoms with Gasteiger partial charge < -0.3 is 10.5 Å². The van der Waals surface area contributed by atoms with Crippen LogP contribution < -0.4 is 10.5 Å². The molecule has 0 spiro atoms. The Bertz CT molecular complexity index is 500. The number of hydrogen-bond donors (Lipinski definition) is 2. The number of hydrogen-bond acceptors (Lipinski definition) is 4. The third kappa shape index (κ3) is 3.78. The van der Waals surface area contributed by atoms with Crippen LogP contribution in [-0.2, 0) is 21.3 Å². The van der Waals surface area contributed by atoms with Gasteiger partial charge in [0.15, 0.2) is 0 Å². The molecule has 1 aromatic carbocycles. The first-order chi connectivity index (χ1) is 8.40. The molecule has 1 unspecified atom stereocenters. The Balaban J connectivity index is 2.97. The molecule has 0 fully saturated rings. The number of ether oxygens (including phenoxy) is 1. The van der Waals surface area contributed by atoms with E-state index >= 15 is 0 Å². The summed E-state index contributed by atoms with van der Waals surface area (Å²) in [7, 11) is -1.97. The van der Waals surface area contributed by atoms with Crippen LogP contribution >= 0.6 is 0 Å². The number of nitrogens with one attached hydrogen (secondary N) is 1. The second-order valence-corrected chi connectivity index (χ2v) is 5.94. The second kappa shape index (κ2) is 6.29. The first kappa shape index (κ1) is 15.1. The Morgan fingerprint density at radius 1 is 1.44 bits per heavy atom. The zero-order chi connectivity index (χ0) is 13.8. The maximum absolute atomic E-state index is 12.1. The number of rotatable bonds is 6. The van der Waals surface area contributed by atoms with Crippen LogP contribution in [0.25, 0.3) is 0 Å². The molecule has 0 saturated heterocycles. The van der Waals surface area contributed by atoms with Gasteiger partial charge in [0.25, 0.3) is 0 Å². The summed E-state index contributed by atoms with van der Waals surface area (Å²) in [6.45, 7) is 4.11. The van der Waals surface area contributed by atoms with Crippen LogP contribution in [0.5, 0.6) is 0 Å². The third-order valence-electron chi connectivity index (χ3n) is 2.74. The van der Waals surface area contributed by atoms with E-state index in [0.29, 0.717) is 12.1 Å². The van der Waals surface area contributed by atoms with Gasteiger partial charge in [0.05, 0.1) is 11.0 Å². The van der Waals surface area contributed by atoms with Crippen molar-refractivity contribution in [3.63, 3.8) is 0 Å². The number of nitrogens with two attached hydrogens (primary N) is 1. The van der Waals surface area contributed by atoms with Crippen LogP contribution in [0, 0.1) is 6.92 Å². The lowest BCUT2D eigenvalue weighted by molar-refractivity contribution is 0.122. The van der Waals surface area contributed by atoms with Crippen LogP contribution in [0.1, 0.15) is 18.1 Å². The first-order valence-corrected chi connectivity index (χ1v) is 7.21. The summed E-state index contributed by atoms with van der Waals surface area (Å²) >= 11 is 0. The van der Waals surface area contributed by atoms with Gasteiger partial charge in [-0.15, -0.1) is 0 Å². The molecule has 1 atom stereocenters. The van der Waals surface area contributed by atoms with Crippen LogP contribution in [0.3, 0.4) is 0 Å². The fraction of sp³-hybridized carbons (Fsp3) is 0.500. The number of aryl methyl sites for hydroxylation is 1. The Morgan fingerprint density at radius 3 is 2.67 bits per heavy atom. The van der Waals surface area contributed by atoms with E-state index in [0.717, 1.165) is 5.56 Å². The standard InChI is InChI=1S/C12H20N2O3S/c1-9-4-5-11(7-13)6-12(9)18(15,16)14-8-10(2)17-3/h4-6,10,14H,7-8,13H2,1-3H3. The molecule has 1 aromatic rings. The minimum Gasteiger partial charge on any atom is -0.380 e. The zero-order valence-corrected chi connectivity index (χ0v) is 11.8. The lowest BCUT2D eigenvalue weighted by atomic mass is 10.1. The summed E-state index contributed by atoms with van der Waals surface area (Å²) in [5, 5.41) is 0. The van der Waals surface area contributed by atoms with E-state index < -0.39 is 10.0 Å². The maximum atomic E-state index is 12.1. The SMILES string of the molecule is COC(C)CNS(=O)(=O)c1cc(CN)ccc1C. The van der Waals surface area contributed by atoms with Gasteiger partial charge in [-0.05, 0) is 31.0 Å². The predicted octanol–water partition coefficient (Wildman–Crippen LogP) is 0.767. The van der Waals surface area contributed by atoms with Gasteiger partial charge in [-0.2, -0.15) is 0 Å². The van der Waals surface area contributed by atoms with Gasteiger partial charge in [-0.25, -0.2) is 13.1 Å². The molecule has 0 saturated carbocycles. The van der Waals surface area contributed by atoms with E-state index in [9.17, 15) is 8.42 Å². The van der Waals surface area contributed by atoms with Crippen molar-refractivity contribution in [2.24, 2.45) is 5.73 Å². The lowest BCUT2D eigenvalue weighted by Gasteiger charge is -2.13. The molecule has 5 nitrogen and oxygen atoms in total. The molecule has 102 valence electrons. The molecule has 1 rings (SSSR count). The fourth-order valence-corrected chi connectivity index (χ4v) is 2.86. The normalized spacial score (nSPS) is 13.6. The fourth-order valence-electron chi connectivity index (χ4n) is 1.45. The molecule has 6 heteroatoms. The van der Waals surface area contributed by atoms with E-state index in [1.54, 1.807) is 33.1 Å². The topological polar surface area (TPSA) is 81.4 Å². The summed E-state index contributed by atoms with van der Waals surface area (Å²) in [5.74, 6) is 0. The van der Waals surface area contributed by atoms with Crippen molar-refractivity contribution in [3.8, 4) is 0 Å². The van der Waals surface area contributed by atoms with E-state index in [1.807, 2.05) is 6.07 Å². The summed E-state index contributed by atoms with van der Waals surface area (Å²) in [4.78, 5) is 0.272. The van der Waals surface area contributed by atoms with Crippen molar-refractivity contribution in [2.45, 2.75) is 31.4 Å². The Kier molecular flexibility index (Phi) is 5.28. The number of sulfonamides is 1. The van der Waals surface area contributed by atoms with Crippen molar-refractivity contribution < 1.29 is 13.2 Å². The highest BCUT2D eigenvalue weighted by Crippen LogP contribution is 2.16. The molecule has 18 heavy (non-hydrogen) atoms. The lowest BCUT2D eigenvalue weighted by Crippen LogP contribution is -2.32. The Labute approximate surface area is 108 Å². The first-order valence-electron chi connectivity index (χ1n) is 5.72. The summed E-state index contributed by atoms with van der Waals surface area (Å²) < 4.78 is 31.8. The van der Waals surface area contributed by atoms with Gasteiger partial charge in [-0.3, -0.25) is 0 Å². The largest absolute Gasteiger partial charge is 0.380 e. The zero-order valence-electron chi connectivity index (χ0n) is 10.9. The van der Waals surface area contributed by atoms with Crippen LogP contribution in [0.4, 0.5) is 0 Å². The molecule has 0 radical (unpaired) electrons. The van der Waals surface area contributed by atoms with Gasteiger partial charge in [-0.1, -0.05) is 12.1 Å². The monoisotopic (exact) mass is 272 g/mol. The second-order valence-electron chi connectivity index (χ2n) is 4.20. The summed E-state index contributed by atoms with van der Waals surface area (Å²) in [6.07, 6.45) is -0.169. The van der Waals surface area contributed by atoms with E-state index in [2.05, 4.69) is 4.72 Å². The quantitative estimate of drug-likeness (QED) is 0.801. The number of methoxy groups -OCH3 is 1. The average Bonchev–Trinajstić information content (AvgIpc) is 2.36. The number of benzene rings is 1. The molecule has 0 heterocycles. The Hall–Kier alpha value is -0.950.